The summed E-state index contributed by atoms with van der Waals surface area (Å²) in [6, 6.07) is 7.29. The molecule has 1 heterocycles. The minimum Gasteiger partial charge on any atom is -0.495 e. The summed E-state index contributed by atoms with van der Waals surface area (Å²) in [5.74, 6) is -0.798. The lowest BCUT2D eigenvalue weighted by molar-refractivity contribution is 0.417. The molecule has 3 rings (SSSR count). The molecule has 1 aromatic heterocycles. The number of aromatic amines is 1. The molecule has 0 aliphatic carbocycles. The molecule has 0 radical (unpaired) electrons. The number of anilines is 1. The molecule has 0 atom stereocenters. The summed E-state index contributed by atoms with van der Waals surface area (Å²) in [7, 11) is 1.53. The largest absolute Gasteiger partial charge is 0.495 e. The summed E-state index contributed by atoms with van der Waals surface area (Å²) in [4.78, 5) is 7.15. The van der Waals surface area contributed by atoms with Gasteiger partial charge in [-0.3, -0.25) is 0 Å². The Morgan fingerprint density at radius 2 is 1.90 bits per heavy atom. The van der Waals surface area contributed by atoms with Crippen molar-refractivity contribution < 1.29 is 13.5 Å². The zero-order chi connectivity index (χ0) is 14.3. The average Bonchev–Trinajstić information content (AvgIpc) is 2.82. The highest BCUT2D eigenvalue weighted by atomic mass is 19.2. The van der Waals surface area contributed by atoms with Crippen LogP contribution in [0.25, 0.3) is 22.4 Å². The second-order valence-electron chi connectivity index (χ2n) is 4.33. The molecule has 0 bridgehead atoms. The van der Waals surface area contributed by atoms with E-state index in [1.54, 1.807) is 18.2 Å². The van der Waals surface area contributed by atoms with Crippen molar-refractivity contribution in [3.8, 4) is 17.1 Å². The van der Waals surface area contributed by atoms with Gasteiger partial charge in [0, 0.05) is 17.7 Å². The predicted octanol–water partition coefficient (Wildman–Crippen LogP) is 3.10. The van der Waals surface area contributed by atoms with Crippen LogP contribution in [0.1, 0.15) is 0 Å². The predicted molar refractivity (Wildman–Crippen MR) is 72.4 cm³/mol. The quantitative estimate of drug-likeness (QED) is 0.706. The molecule has 4 nitrogen and oxygen atoms in total. The molecule has 0 saturated heterocycles. The van der Waals surface area contributed by atoms with Gasteiger partial charge in [0.25, 0.3) is 0 Å². The molecule has 102 valence electrons. The fraction of sp³-hybridized carbons (Fsp3) is 0.0714. The van der Waals surface area contributed by atoms with Gasteiger partial charge in [-0.1, -0.05) is 0 Å². The number of benzene rings is 2. The van der Waals surface area contributed by atoms with Gasteiger partial charge in [-0.25, -0.2) is 13.8 Å². The minimum absolute atomic E-state index is 0.355. The number of ether oxygens (including phenoxy) is 1. The Hall–Kier alpha value is -2.63. The van der Waals surface area contributed by atoms with Gasteiger partial charge in [-0.05, 0) is 18.2 Å². The van der Waals surface area contributed by atoms with E-state index in [1.807, 2.05) is 0 Å². The van der Waals surface area contributed by atoms with Crippen molar-refractivity contribution in [2.24, 2.45) is 0 Å². The fourth-order valence-corrected chi connectivity index (χ4v) is 2.02. The first-order chi connectivity index (χ1) is 9.58. The first kappa shape index (κ1) is 12.4. The van der Waals surface area contributed by atoms with Crippen molar-refractivity contribution >= 4 is 16.7 Å². The van der Waals surface area contributed by atoms with Gasteiger partial charge in [-0.2, -0.15) is 0 Å². The molecule has 0 amide bonds. The Morgan fingerprint density at radius 3 is 2.60 bits per heavy atom. The maximum Gasteiger partial charge on any atom is 0.161 e. The van der Waals surface area contributed by atoms with Crippen molar-refractivity contribution in [1.29, 1.82) is 0 Å². The molecule has 2 aromatic carbocycles. The fourth-order valence-electron chi connectivity index (χ4n) is 2.02. The van der Waals surface area contributed by atoms with E-state index < -0.39 is 11.6 Å². The second-order valence-corrected chi connectivity index (χ2v) is 4.33. The average molecular weight is 275 g/mol. The third-order valence-corrected chi connectivity index (χ3v) is 3.03. The van der Waals surface area contributed by atoms with Crippen molar-refractivity contribution in [3.63, 3.8) is 0 Å². The van der Waals surface area contributed by atoms with Crippen LogP contribution in [0.5, 0.6) is 5.75 Å². The van der Waals surface area contributed by atoms with Crippen LogP contribution >= 0.6 is 0 Å². The molecule has 0 aliphatic rings. The number of nitrogens with zero attached hydrogens (tertiary/aromatic N) is 1. The monoisotopic (exact) mass is 275 g/mol. The lowest BCUT2D eigenvalue weighted by atomic mass is 10.2. The van der Waals surface area contributed by atoms with E-state index >= 15 is 0 Å². The van der Waals surface area contributed by atoms with Crippen molar-refractivity contribution in [2.45, 2.75) is 0 Å². The third-order valence-electron chi connectivity index (χ3n) is 3.03. The lowest BCUT2D eigenvalue weighted by Gasteiger charge is -2.05. The van der Waals surface area contributed by atoms with E-state index in [0.29, 0.717) is 33.9 Å². The van der Waals surface area contributed by atoms with Crippen LogP contribution in [0.2, 0.25) is 0 Å². The molecular formula is C14H11F2N3O. The van der Waals surface area contributed by atoms with Gasteiger partial charge in [-0.15, -0.1) is 0 Å². The number of hydrogen-bond donors (Lipinski definition) is 2. The minimum atomic E-state index is -0.926. The SMILES string of the molecule is COc1ccc(-c2nc3cc(F)c(F)cc3[nH]2)cc1N. The number of nitrogens with one attached hydrogen (secondary N) is 1. The smallest absolute Gasteiger partial charge is 0.161 e. The highest BCUT2D eigenvalue weighted by molar-refractivity contribution is 5.80. The summed E-state index contributed by atoms with van der Waals surface area (Å²) >= 11 is 0. The molecule has 0 saturated carbocycles. The first-order valence-corrected chi connectivity index (χ1v) is 5.87. The van der Waals surface area contributed by atoms with Crippen LogP contribution in [-0.4, -0.2) is 17.1 Å². The highest BCUT2D eigenvalue weighted by Gasteiger charge is 2.11. The van der Waals surface area contributed by atoms with Crippen molar-refractivity contribution in [3.05, 3.63) is 42.0 Å². The Kier molecular flexibility index (Phi) is 2.78. The number of hydrogen-bond acceptors (Lipinski definition) is 3. The Labute approximate surface area is 113 Å². The normalized spacial score (nSPS) is 10.9. The van der Waals surface area contributed by atoms with Gasteiger partial charge in [0.05, 0.1) is 23.8 Å². The number of fused-ring (bicyclic) bond motifs is 1. The van der Waals surface area contributed by atoms with E-state index in [9.17, 15) is 8.78 Å². The number of imidazole rings is 1. The number of halogens is 2. The van der Waals surface area contributed by atoms with E-state index in [2.05, 4.69) is 9.97 Å². The summed E-state index contributed by atoms with van der Waals surface area (Å²) < 4.78 is 31.4. The zero-order valence-corrected chi connectivity index (χ0v) is 10.6. The first-order valence-electron chi connectivity index (χ1n) is 5.87. The topological polar surface area (TPSA) is 63.9 Å². The van der Waals surface area contributed by atoms with Gasteiger partial charge in [0.2, 0.25) is 0 Å². The Morgan fingerprint density at radius 1 is 1.15 bits per heavy atom. The van der Waals surface area contributed by atoms with Gasteiger partial charge in [0.15, 0.2) is 11.6 Å². The van der Waals surface area contributed by atoms with E-state index in [-0.39, 0.29) is 0 Å². The molecule has 0 fully saturated rings. The maximum absolute atomic E-state index is 13.2. The molecular weight excluding hydrogens is 264 g/mol. The van der Waals surface area contributed by atoms with Crippen molar-refractivity contribution in [1.82, 2.24) is 9.97 Å². The summed E-state index contributed by atoms with van der Waals surface area (Å²) in [6.45, 7) is 0. The van der Waals surface area contributed by atoms with Crippen LogP contribution in [-0.2, 0) is 0 Å². The lowest BCUT2D eigenvalue weighted by Crippen LogP contribution is -1.92. The van der Waals surface area contributed by atoms with Gasteiger partial charge < -0.3 is 15.5 Å². The number of rotatable bonds is 2. The number of nitrogens with two attached hydrogens (primary N) is 1. The van der Waals surface area contributed by atoms with Gasteiger partial charge >= 0.3 is 0 Å². The van der Waals surface area contributed by atoms with Crippen LogP contribution in [0.15, 0.2) is 30.3 Å². The van der Waals surface area contributed by atoms with Gasteiger partial charge in [0.1, 0.15) is 11.6 Å². The van der Waals surface area contributed by atoms with Crippen LogP contribution in [0.3, 0.4) is 0 Å². The van der Waals surface area contributed by atoms with Crippen LogP contribution in [0, 0.1) is 11.6 Å². The standard InChI is InChI=1S/C14H11F2N3O/c1-20-13-3-2-7(4-10(13)17)14-18-11-5-8(15)9(16)6-12(11)19-14/h2-6H,17H2,1H3,(H,18,19). The summed E-state index contributed by atoms with van der Waals surface area (Å²) in [6.07, 6.45) is 0. The van der Waals surface area contributed by atoms with Crippen LogP contribution in [0.4, 0.5) is 14.5 Å². The molecule has 0 spiro atoms. The molecule has 3 N–H and O–H groups in total. The molecule has 0 unspecified atom stereocenters. The number of H-pyrrole nitrogens is 1. The highest BCUT2D eigenvalue weighted by Crippen LogP contribution is 2.28. The molecule has 0 aliphatic heterocycles. The Bertz CT molecular complexity index is 759. The van der Waals surface area contributed by atoms with Crippen molar-refractivity contribution in [2.75, 3.05) is 12.8 Å². The van der Waals surface area contributed by atoms with E-state index in [4.69, 9.17) is 10.5 Å². The number of nitrogen functional groups attached to an aromatic ring is 1. The van der Waals surface area contributed by atoms with E-state index in [1.165, 1.54) is 7.11 Å². The Balaban J connectivity index is 2.12. The van der Waals surface area contributed by atoms with Crippen LogP contribution < -0.4 is 10.5 Å². The third kappa shape index (κ3) is 1.95. The zero-order valence-electron chi connectivity index (χ0n) is 10.6. The number of aromatic nitrogens is 2. The second kappa shape index (κ2) is 4.48. The summed E-state index contributed by atoms with van der Waals surface area (Å²) in [5.41, 5.74) is 7.77. The molecule has 3 aromatic rings. The number of methoxy groups -OCH3 is 1. The maximum atomic E-state index is 13.2. The summed E-state index contributed by atoms with van der Waals surface area (Å²) in [5, 5.41) is 0. The van der Waals surface area contributed by atoms with E-state index in [0.717, 1.165) is 12.1 Å². The molecule has 20 heavy (non-hydrogen) atoms. The molecule has 6 heteroatoms.